The number of carbonyl (C=O) groups excluding carboxylic acids is 2. The fraction of sp³-hybridized carbons (Fsp3) is 0.529. The molecule has 0 aliphatic carbocycles. The number of piperidine rings is 1. The van der Waals surface area contributed by atoms with Crippen molar-refractivity contribution in [3.63, 3.8) is 0 Å². The third-order valence-electron chi connectivity index (χ3n) is 3.82. The van der Waals surface area contributed by atoms with Gasteiger partial charge in [-0.3, -0.25) is 14.9 Å². The van der Waals surface area contributed by atoms with Crippen molar-refractivity contribution in [1.82, 2.24) is 10.2 Å². The molecule has 142 valence electrons. The zero-order valence-corrected chi connectivity index (χ0v) is 15.7. The maximum atomic E-state index is 12.7. The molecule has 1 aromatic rings. The van der Waals surface area contributed by atoms with Crippen molar-refractivity contribution in [3.05, 3.63) is 38.9 Å². The zero-order valence-electron chi connectivity index (χ0n) is 15.0. The molecule has 0 saturated carbocycles. The first-order valence-corrected chi connectivity index (χ1v) is 8.67. The fourth-order valence-electron chi connectivity index (χ4n) is 2.72. The van der Waals surface area contributed by atoms with Crippen LogP contribution in [0.25, 0.3) is 0 Å². The van der Waals surface area contributed by atoms with Gasteiger partial charge < -0.3 is 15.0 Å². The smallest absolute Gasteiger partial charge is 0.407 e. The summed E-state index contributed by atoms with van der Waals surface area (Å²) in [6, 6.07) is 3.75. The van der Waals surface area contributed by atoms with Crippen LogP contribution in [0.5, 0.6) is 0 Å². The van der Waals surface area contributed by atoms with Crippen LogP contribution >= 0.6 is 11.6 Å². The summed E-state index contributed by atoms with van der Waals surface area (Å²) in [5.41, 5.74) is -0.715. The first-order valence-electron chi connectivity index (χ1n) is 8.29. The first-order chi connectivity index (χ1) is 12.1. The number of carbonyl (C=O) groups is 2. The highest BCUT2D eigenvalue weighted by Gasteiger charge is 2.28. The van der Waals surface area contributed by atoms with Gasteiger partial charge in [-0.25, -0.2) is 4.79 Å². The van der Waals surface area contributed by atoms with Gasteiger partial charge in [0.15, 0.2) is 0 Å². The number of likely N-dealkylation sites (tertiary alicyclic amines) is 1. The highest BCUT2D eigenvalue weighted by Crippen LogP contribution is 2.26. The van der Waals surface area contributed by atoms with E-state index in [2.05, 4.69) is 5.32 Å². The number of nitro benzene ring substituents is 1. The molecule has 26 heavy (non-hydrogen) atoms. The second-order valence-electron chi connectivity index (χ2n) is 7.16. The molecule has 9 heteroatoms. The Kier molecular flexibility index (Phi) is 6.07. The van der Waals surface area contributed by atoms with E-state index in [4.69, 9.17) is 16.3 Å². The van der Waals surface area contributed by atoms with Gasteiger partial charge in [-0.15, -0.1) is 0 Å². The normalized spacial score (nSPS) is 17.5. The number of nitrogens with one attached hydrogen (secondary N) is 1. The van der Waals surface area contributed by atoms with Gasteiger partial charge in [0, 0.05) is 30.8 Å². The number of nitro groups is 1. The van der Waals surface area contributed by atoms with E-state index < -0.39 is 16.6 Å². The molecule has 1 fully saturated rings. The Labute approximate surface area is 156 Å². The lowest BCUT2D eigenvalue weighted by Gasteiger charge is -2.33. The van der Waals surface area contributed by atoms with Gasteiger partial charge in [0.05, 0.1) is 4.92 Å². The van der Waals surface area contributed by atoms with Crippen molar-refractivity contribution in [3.8, 4) is 0 Å². The fourth-order valence-corrected chi connectivity index (χ4v) is 2.91. The van der Waals surface area contributed by atoms with Crippen LogP contribution in [0, 0.1) is 10.1 Å². The van der Waals surface area contributed by atoms with Gasteiger partial charge in [-0.1, -0.05) is 11.6 Å². The first kappa shape index (κ1) is 20.0. The molecule has 0 aromatic heterocycles. The highest BCUT2D eigenvalue weighted by molar-refractivity contribution is 6.32. The molecule has 2 rings (SSSR count). The van der Waals surface area contributed by atoms with Crippen LogP contribution < -0.4 is 5.32 Å². The molecule has 0 bridgehead atoms. The Morgan fingerprint density at radius 1 is 1.38 bits per heavy atom. The molecule has 1 aliphatic rings. The summed E-state index contributed by atoms with van der Waals surface area (Å²) in [7, 11) is 0. The minimum atomic E-state index is -0.623. The Hall–Kier alpha value is -2.35. The predicted octanol–water partition coefficient (Wildman–Crippen LogP) is 3.38. The van der Waals surface area contributed by atoms with Crippen LogP contribution in [0.4, 0.5) is 10.5 Å². The average molecular weight is 384 g/mol. The molecule has 1 atom stereocenters. The zero-order chi connectivity index (χ0) is 19.5. The van der Waals surface area contributed by atoms with Crippen LogP contribution in [0.1, 0.15) is 44.0 Å². The number of amides is 2. The molecule has 0 radical (unpaired) electrons. The van der Waals surface area contributed by atoms with Crippen LogP contribution in [0.2, 0.25) is 5.02 Å². The molecular formula is C17H22ClN3O5. The molecular weight excluding hydrogens is 362 g/mol. The number of hydrogen-bond donors (Lipinski definition) is 1. The third kappa shape index (κ3) is 5.32. The molecule has 1 N–H and O–H groups in total. The number of hydrogen-bond acceptors (Lipinski definition) is 5. The van der Waals surface area contributed by atoms with Gasteiger partial charge >= 0.3 is 6.09 Å². The number of nitrogens with zero attached hydrogens (tertiary/aromatic N) is 2. The van der Waals surface area contributed by atoms with E-state index in [1.54, 1.807) is 25.7 Å². The van der Waals surface area contributed by atoms with E-state index in [1.165, 1.54) is 18.2 Å². The second kappa shape index (κ2) is 7.90. The van der Waals surface area contributed by atoms with Crippen molar-refractivity contribution < 1.29 is 19.2 Å². The van der Waals surface area contributed by atoms with E-state index in [0.717, 1.165) is 6.42 Å². The largest absolute Gasteiger partial charge is 0.444 e. The Bertz CT molecular complexity index is 717. The Balaban J connectivity index is 2.05. The topological polar surface area (TPSA) is 102 Å². The summed E-state index contributed by atoms with van der Waals surface area (Å²) in [4.78, 5) is 36.5. The molecule has 1 saturated heterocycles. The molecule has 1 aliphatic heterocycles. The number of rotatable bonds is 3. The number of benzene rings is 1. The summed E-state index contributed by atoms with van der Waals surface area (Å²) in [6.45, 7) is 6.15. The standard InChI is InChI=1S/C17H22ClN3O5/c1-17(2,3)26-16(23)19-12-5-4-8-20(10-12)15(22)11-6-7-13(18)14(9-11)21(24)25/h6-7,9,12H,4-5,8,10H2,1-3H3,(H,19,23). The molecule has 0 spiro atoms. The molecule has 2 amide bonds. The van der Waals surface area contributed by atoms with Gasteiger partial charge in [0.1, 0.15) is 10.6 Å². The molecule has 1 heterocycles. The van der Waals surface area contributed by atoms with E-state index in [9.17, 15) is 19.7 Å². The van der Waals surface area contributed by atoms with Crippen LogP contribution in [0.3, 0.4) is 0 Å². The minimum Gasteiger partial charge on any atom is -0.444 e. The van der Waals surface area contributed by atoms with Crippen LogP contribution in [0.15, 0.2) is 18.2 Å². The number of alkyl carbamates (subject to hydrolysis) is 1. The summed E-state index contributed by atoms with van der Waals surface area (Å²) < 4.78 is 5.23. The van der Waals surface area contributed by atoms with Crippen LogP contribution in [-0.2, 0) is 4.74 Å². The SMILES string of the molecule is CC(C)(C)OC(=O)NC1CCCN(C(=O)c2ccc(Cl)c([N+](=O)[O-])c2)C1. The van der Waals surface area contributed by atoms with E-state index in [0.29, 0.717) is 19.5 Å². The monoisotopic (exact) mass is 383 g/mol. The average Bonchev–Trinajstić information content (AvgIpc) is 2.52. The maximum absolute atomic E-state index is 12.7. The van der Waals surface area contributed by atoms with Crippen molar-refractivity contribution in [2.75, 3.05) is 13.1 Å². The molecule has 8 nitrogen and oxygen atoms in total. The van der Waals surface area contributed by atoms with E-state index in [1.807, 2.05) is 0 Å². The molecule has 1 aromatic carbocycles. The summed E-state index contributed by atoms with van der Waals surface area (Å²) in [5, 5.41) is 13.7. The Morgan fingerprint density at radius 3 is 2.69 bits per heavy atom. The van der Waals surface area contributed by atoms with Gasteiger partial charge in [0.2, 0.25) is 0 Å². The van der Waals surface area contributed by atoms with Crippen molar-refractivity contribution in [2.24, 2.45) is 0 Å². The van der Waals surface area contributed by atoms with Gasteiger partial charge in [-0.05, 0) is 45.7 Å². The summed E-state index contributed by atoms with van der Waals surface area (Å²) in [6.07, 6.45) is 0.907. The van der Waals surface area contributed by atoms with Crippen molar-refractivity contribution in [1.29, 1.82) is 0 Å². The minimum absolute atomic E-state index is 0.0188. The summed E-state index contributed by atoms with van der Waals surface area (Å²) in [5.74, 6) is -0.333. The third-order valence-corrected chi connectivity index (χ3v) is 4.14. The lowest BCUT2D eigenvalue weighted by Crippen LogP contribution is -2.50. The highest BCUT2D eigenvalue weighted by atomic mass is 35.5. The van der Waals surface area contributed by atoms with Crippen LogP contribution in [-0.4, -0.2) is 46.6 Å². The number of ether oxygens (including phenoxy) is 1. The maximum Gasteiger partial charge on any atom is 0.407 e. The summed E-state index contributed by atoms with van der Waals surface area (Å²) >= 11 is 5.79. The van der Waals surface area contributed by atoms with E-state index >= 15 is 0 Å². The quantitative estimate of drug-likeness (QED) is 0.636. The van der Waals surface area contributed by atoms with Gasteiger partial charge in [0.25, 0.3) is 11.6 Å². The van der Waals surface area contributed by atoms with E-state index in [-0.39, 0.29) is 28.2 Å². The second-order valence-corrected chi connectivity index (χ2v) is 7.57. The lowest BCUT2D eigenvalue weighted by molar-refractivity contribution is -0.384. The van der Waals surface area contributed by atoms with Crippen molar-refractivity contribution in [2.45, 2.75) is 45.3 Å². The molecule has 1 unspecified atom stereocenters. The Morgan fingerprint density at radius 2 is 2.08 bits per heavy atom. The van der Waals surface area contributed by atoms with Crippen molar-refractivity contribution >= 4 is 29.3 Å². The number of halogens is 1. The lowest BCUT2D eigenvalue weighted by atomic mass is 10.0. The predicted molar refractivity (Wildman–Crippen MR) is 96.4 cm³/mol. The van der Waals surface area contributed by atoms with Gasteiger partial charge in [-0.2, -0.15) is 0 Å².